The van der Waals surface area contributed by atoms with Gasteiger partial charge in [-0.25, -0.2) is 13.1 Å². The third kappa shape index (κ3) is 4.10. The van der Waals surface area contributed by atoms with Crippen LogP contribution in [-0.2, 0) is 19.6 Å². The van der Waals surface area contributed by atoms with Gasteiger partial charge in [-0.15, -0.1) is 0 Å². The normalized spacial score (nSPS) is 16.3. The zero-order valence-corrected chi connectivity index (χ0v) is 15.9. The van der Waals surface area contributed by atoms with Gasteiger partial charge >= 0.3 is 0 Å². The molecule has 1 aromatic carbocycles. The molecule has 0 aliphatic carbocycles. The van der Waals surface area contributed by atoms with E-state index in [1.165, 1.54) is 24.3 Å². The van der Waals surface area contributed by atoms with Gasteiger partial charge in [0.25, 0.3) is 0 Å². The first-order chi connectivity index (χ1) is 12.8. The average molecular weight is 391 g/mol. The van der Waals surface area contributed by atoms with Crippen molar-refractivity contribution in [2.45, 2.75) is 23.8 Å². The molecule has 3 rings (SSSR count). The van der Waals surface area contributed by atoms with E-state index in [1.807, 2.05) is 19.0 Å². The van der Waals surface area contributed by atoms with Crippen molar-refractivity contribution in [2.24, 2.45) is 0 Å². The molecule has 2 heterocycles. The van der Waals surface area contributed by atoms with Crippen LogP contribution in [0.1, 0.15) is 24.6 Å². The Morgan fingerprint density at radius 2 is 1.74 bits per heavy atom. The first kappa shape index (κ1) is 19.3. The van der Waals surface area contributed by atoms with Crippen LogP contribution in [0.15, 0.2) is 52.0 Å². The van der Waals surface area contributed by atoms with Crippen molar-refractivity contribution in [2.75, 3.05) is 25.5 Å². The number of anilines is 1. The van der Waals surface area contributed by atoms with E-state index in [1.54, 1.807) is 18.4 Å². The number of carbonyl (C=O) groups is 2. The molecular formula is C18H21N3O5S. The van der Waals surface area contributed by atoms with Crippen molar-refractivity contribution in [3.8, 4) is 0 Å². The summed E-state index contributed by atoms with van der Waals surface area (Å²) in [5.74, 6) is 0.103. The summed E-state index contributed by atoms with van der Waals surface area (Å²) in [5.41, 5.74) is 0.378. The number of hydrogen-bond acceptors (Lipinski definition) is 6. The summed E-state index contributed by atoms with van der Waals surface area (Å²) in [7, 11) is -0.0866. The van der Waals surface area contributed by atoms with E-state index in [2.05, 4.69) is 4.72 Å². The Morgan fingerprint density at radius 1 is 1.11 bits per heavy atom. The lowest BCUT2D eigenvalue weighted by molar-refractivity contribution is -0.121. The number of sulfonamides is 1. The molecule has 2 aromatic rings. The monoisotopic (exact) mass is 391 g/mol. The quantitative estimate of drug-likeness (QED) is 0.718. The summed E-state index contributed by atoms with van der Waals surface area (Å²) in [6.07, 6.45) is 1.90. The highest BCUT2D eigenvalue weighted by Crippen LogP contribution is 2.24. The fourth-order valence-electron chi connectivity index (χ4n) is 2.93. The van der Waals surface area contributed by atoms with E-state index in [4.69, 9.17) is 4.42 Å². The van der Waals surface area contributed by atoms with Crippen molar-refractivity contribution in [3.63, 3.8) is 0 Å². The Bertz CT molecular complexity index is 904. The topological polar surface area (TPSA) is 99.9 Å². The van der Waals surface area contributed by atoms with Gasteiger partial charge in [-0.1, -0.05) is 0 Å². The van der Waals surface area contributed by atoms with Crippen LogP contribution in [0.25, 0.3) is 0 Å². The van der Waals surface area contributed by atoms with E-state index < -0.39 is 10.0 Å². The van der Waals surface area contributed by atoms with E-state index in [-0.39, 0.29) is 42.1 Å². The maximum atomic E-state index is 12.6. The van der Waals surface area contributed by atoms with Gasteiger partial charge < -0.3 is 4.42 Å². The van der Waals surface area contributed by atoms with Gasteiger partial charge in [0.1, 0.15) is 5.76 Å². The maximum absolute atomic E-state index is 12.6. The summed E-state index contributed by atoms with van der Waals surface area (Å²) >= 11 is 0. The number of carbonyl (C=O) groups excluding carboxylic acids is 2. The van der Waals surface area contributed by atoms with Crippen LogP contribution in [0.4, 0.5) is 5.69 Å². The molecule has 1 aromatic heterocycles. The van der Waals surface area contributed by atoms with Crippen LogP contribution in [-0.4, -0.2) is 45.8 Å². The second kappa shape index (κ2) is 7.63. The predicted octanol–water partition coefficient (Wildman–Crippen LogP) is 1.51. The Kier molecular flexibility index (Phi) is 5.45. The lowest BCUT2D eigenvalue weighted by Gasteiger charge is -2.22. The molecule has 1 atom stereocenters. The number of amides is 2. The Morgan fingerprint density at radius 3 is 2.26 bits per heavy atom. The molecule has 1 N–H and O–H groups in total. The molecule has 1 fully saturated rings. The molecule has 1 aliphatic heterocycles. The zero-order valence-electron chi connectivity index (χ0n) is 15.1. The molecule has 0 spiro atoms. The number of furan rings is 1. The van der Waals surface area contributed by atoms with E-state index >= 15 is 0 Å². The van der Waals surface area contributed by atoms with Crippen LogP contribution >= 0.6 is 0 Å². The number of nitrogens with one attached hydrogen (secondary N) is 1. The van der Waals surface area contributed by atoms with Gasteiger partial charge in [-0.05, 0) is 50.5 Å². The minimum Gasteiger partial charge on any atom is -0.468 e. The first-order valence-corrected chi connectivity index (χ1v) is 9.93. The third-order valence-corrected chi connectivity index (χ3v) is 5.86. The lowest BCUT2D eigenvalue weighted by atomic mass is 10.2. The minimum absolute atomic E-state index is 0.0577. The van der Waals surface area contributed by atoms with Gasteiger partial charge in [0, 0.05) is 19.4 Å². The maximum Gasteiger partial charge on any atom is 0.240 e. The lowest BCUT2D eigenvalue weighted by Crippen LogP contribution is -2.34. The molecule has 27 heavy (non-hydrogen) atoms. The zero-order chi connectivity index (χ0) is 19.6. The number of benzene rings is 1. The molecule has 8 nitrogen and oxygen atoms in total. The van der Waals surface area contributed by atoms with Crippen molar-refractivity contribution in [1.29, 1.82) is 0 Å². The van der Waals surface area contributed by atoms with Crippen LogP contribution in [0, 0.1) is 0 Å². The molecule has 0 bridgehead atoms. The highest BCUT2D eigenvalue weighted by atomic mass is 32.2. The number of likely N-dealkylation sites (N-methyl/N-ethyl adjacent to an activating group) is 1. The summed E-state index contributed by atoms with van der Waals surface area (Å²) in [4.78, 5) is 26.6. The van der Waals surface area contributed by atoms with E-state index in [9.17, 15) is 18.0 Å². The minimum atomic E-state index is -3.75. The summed E-state index contributed by atoms with van der Waals surface area (Å²) < 4.78 is 33.1. The number of nitrogens with zero attached hydrogens (tertiary/aromatic N) is 2. The standard InChI is InChI=1S/C18H21N3O5S/c1-20(2)15(16-4-3-11-26-16)12-19-27(24,25)14-7-5-13(6-8-14)21-17(22)9-10-18(21)23/h3-8,11,15,19H,9-10,12H2,1-2H3. The fraction of sp³-hybridized carbons (Fsp3) is 0.333. The predicted molar refractivity (Wildman–Crippen MR) is 98.5 cm³/mol. The van der Waals surface area contributed by atoms with Gasteiger partial charge in [0.2, 0.25) is 21.8 Å². The second-order valence-corrected chi connectivity index (χ2v) is 8.23. The van der Waals surface area contributed by atoms with Crippen molar-refractivity contribution in [1.82, 2.24) is 9.62 Å². The second-order valence-electron chi connectivity index (χ2n) is 6.46. The van der Waals surface area contributed by atoms with Gasteiger partial charge in [-0.2, -0.15) is 0 Å². The largest absolute Gasteiger partial charge is 0.468 e. The Balaban J connectivity index is 1.73. The molecule has 144 valence electrons. The molecule has 0 saturated carbocycles. The Labute approximate surface area is 157 Å². The smallest absolute Gasteiger partial charge is 0.240 e. The van der Waals surface area contributed by atoms with Gasteiger partial charge in [-0.3, -0.25) is 19.4 Å². The summed E-state index contributed by atoms with van der Waals surface area (Å²) in [5, 5.41) is 0. The molecule has 1 saturated heterocycles. The molecule has 1 unspecified atom stereocenters. The van der Waals surface area contributed by atoms with Crippen LogP contribution < -0.4 is 9.62 Å². The molecule has 0 radical (unpaired) electrons. The summed E-state index contributed by atoms with van der Waals surface area (Å²) in [6.45, 7) is 0.133. The van der Waals surface area contributed by atoms with Gasteiger partial charge in [0.05, 0.1) is 22.9 Å². The van der Waals surface area contributed by atoms with Crippen molar-refractivity contribution >= 4 is 27.5 Å². The first-order valence-electron chi connectivity index (χ1n) is 8.45. The molecular weight excluding hydrogens is 370 g/mol. The molecule has 1 aliphatic rings. The highest BCUT2D eigenvalue weighted by molar-refractivity contribution is 7.89. The molecule has 2 amide bonds. The van der Waals surface area contributed by atoms with E-state index in [0.717, 1.165) is 4.90 Å². The SMILES string of the molecule is CN(C)C(CNS(=O)(=O)c1ccc(N2C(=O)CCC2=O)cc1)c1ccco1. The molecule has 9 heteroatoms. The number of rotatable bonds is 7. The highest BCUT2D eigenvalue weighted by Gasteiger charge is 2.30. The summed E-state index contributed by atoms with van der Waals surface area (Å²) in [6, 6.07) is 8.98. The van der Waals surface area contributed by atoms with Crippen LogP contribution in [0.2, 0.25) is 0 Å². The van der Waals surface area contributed by atoms with E-state index in [0.29, 0.717) is 11.4 Å². The van der Waals surface area contributed by atoms with Gasteiger partial charge in [0.15, 0.2) is 0 Å². The number of imide groups is 1. The number of hydrogen-bond donors (Lipinski definition) is 1. The Hall–Kier alpha value is -2.49. The van der Waals surface area contributed by atoms with Crippen molar-refractivity contribution < 1.29 is 22.4 Å². The average Bonchev–Trinajstić information content (AvgIpc) is 3.25. The van der Waals surface area contributed by atoms with Crippen LogP contribution in [0.3, 0.4) is 0 Å². The third-order valence-electron chi connectivity index (χ3n) is 4.42. The fourth-order valence-corrected chi connectivity index (χ4v) is 3.97. The van der Waals surface area contributed by atoms with Crippen molar-refractivity contribution in [3.05, 3.63) is 48.4 Å². The van der Waals surface area contributed by atoms with Crippen LogP contribution in [0.5, 0.6) is 0 Å².